The molecule has 0 aliphatic carbocycles. The average molecular weight is 245 g/mol. The first kappa shape index (κ1) is 12.0. The van der Waals surface area contributed by atoms with E-state index >= 15 is 0 Å². The van der Waals surface area contributed by atoms with E-state index in [1.165, 1.54) is 35.3 Å². The van der Waals surface area contributed by atoms with Crippen LogP contribution in [0.15, 0.2) is 47.7 Å². The Labute approximate surface area is 103 Å². The maximum absolute atomic E-state index is 11.4. The molecule has 0 unspecified atom stereocenters. The molecule has 0 aliphatic heterocycles. The van der Waals surface area contributed by atoms with E-state index in [-0.39, 0.29) is 11.2 Å². The van der Waals surface area contributed by atoms with E-state index < -0.39 is 4.92 Å². The third-order valence-electron chi connectivity index (χ3n) is 2.58. The quantitative estimate of drug-likeness (QED) is 0.602. The number of nitro benzene ring substituents is 1. The monoisotopic (exact) mass is 245 g/mol. The van der Waals surface area contributed by atoms with Gasteiger partial charge in [-0.1, -0.05) is 12.1 Å². The van der Waals surface area contributed by atoms with Gasteiger partial charge in [-0.15, -0.1) is 0 Å². The Hall–Kier alpha value is -2.50. The lowest BCUT2D eigenvalue weighted by Gasteiger charge is -2.04. The molecule has 2 aromatic rings. The van der Waals surface area contributed by atoms with Gasteiger partial charge in [0.15, 0.2) is 0 Å². The first-order chi connectivity index (χ1) is 8.66. The molecule has 0 radical (unpaired) electrons. The molecule has 18 heavy (non-hydrogen) atoms. The first-order valence-electron chi connectivity index (χ1n) is 5.40. The Bertz CT molecular complexity index is 604. The van der Waals surface area contributed by atoms with Gasteiger partial charge in [0.1, 0.15) is 0 Å². The summed E-state index contributed by atoms with van der Waals surface area (Å²) in [7, 11) is 0. The van der Waals surface area contributed by atoms with E-state index in [1.807, 2.05) is 0 Å². The molecule has 0 bridgehead atoms. The molecule has 0 aliphatic rings. The minimum Gasteiger partial charge on any atom is -0.299 e. The molecule has 0 saturated carbocycles. The predicted octanol–water partition coefficient (Wildman–Crippen LogP) is 1.39. The van der Waals surface area contributed by atoms with Gasteiger partial charge in [0.2, 0.25) is 0 Å². The van der Waals surface area contributed by atoms with Crippen LogP contribution in [0.25, 0.3) is 0 Å². The van der Waals surface area contributed by atoms with Gasteiger partial charge in [0, 0.05) is 30.9 Å². The number of aryl methyl sites for hydroxylation is 2. The van der Waals surface area contributed by atoms with Crippen LogP contribution in [0.3, 0.4) is 0 Å². The third-order valence-corrected chi connectivity index (χ3v) is 2.58. The largest absolute Gasteiger partial charge is 0.299 e. The van der Waals surface area contributed by atoms with Crippen molar-refractivity contribution in [2.45, 2.75) is 13.0 Å². The fourth-order valence-electron chi connectivity index (χ4n) is 1.58. The summed E-state index contributed by atoms with van der Waals surface area (Å²) in [6, 6.07) is 7.71. The van der Waals surface area contributed by atoms with Crippen LogP contribution in [0.2, 0.25) is 0 Å². The predicted molar refractivity (Wildman–Crippen MR) is 65.3 cm³/mol. The zero-order valence-corrected chi connectivity index (χ0v) is 9.52. The molecule has 1 aromatic carbocycles. The summed E-state index contributed by atoms with van der Waals surface area (Å²) in [5.74, 6) is 0. The lowest BCUT2D eigenvalue weighted by Crippen LogP contribution is -2.19. The van der Waals surface area contributed by atoms with Crippen LogP contribution in [0, 0.1) is 10.1 Å². The van der Waals surface area contributed by atoms with Crippen molar-refractivity contribution in [1.82, 2.24) is 9.55 Å². The van der Waals surface area contributed by atoms with Crippen molar-refractivity contribution in [2.75, 3.05) is 0 Å². The van der Waals surface area contributed by atoms with Gasteiger partial charge in [-0.2, -0.15) is 0 Å². The van der Waals surface area contributed by atoms with Crippen molar-refractivity contribution in [3.8, 4) is 0 Å². The van der Waals surface area contributed by atoms with E-state index in [0.29, 0.717) is 13.0 Å². The summed E-state index contributed by atoms with van der Waals surface area (Å²) in [5.41, 5.74) is 0.903. The fourth-order valence-corrected chi connectivity index (χ4v) is 1.58. The number of nitrogens with zero attached hydrogens (tertiary/aromatic N) is 3. The summed E-state index contributed by atoms with van der Waals surface area (Å²) in [4.78, 5) is 25.3. The van der Waals surface area contributed by atoms with E-state index in [0.717, 1.165) is 5.56 Å². The summed E-state index contributed by atoms with van der Waals surface area (Å²) in [6.07, 6.45) is 3.56. The number of benzene rings is 1. The highest BCUT2D eigenvalue weighted by molar-refractivity contribution is 5.32. The Morgan fingerprint density at radius 3 is 2.56 bits per heavy atom. The van der Waals surface area contributed by atoms with Gasteiger partial charge in [-0.3, -0.25) is 19.5 Å². The van der Waals surface area contributed by atoms with Crippen molar-refractivity contribution in [1.29, 1.82) is 0 Å². The minimum atomic E-state index is -0.435. The molecule has 1 heterocycles. The van der Waals surface area contributed by atoms with Gasteiger partial charge in [-0.25, -0.2) is 4.98 Å². The summed E-state index contributed by atoms with van der Waals surface area (Å²) >= 11 is 0. The standard InChI is InChI=1S/C12H11N3O3/c16-12-5-7-13-9-14(12)8-6-10-1-3-11(4-2-10)15(17)18/h1-5,7,9H,6,8H2. The molecular weight excluding hydrogens is 234 g/mol. The molecule has 6 heteroatoms. The summed E-state index contributed by atoms with van der Waals surface area (Å²) < 4.78 is 1.50. The van der Waals surface area contributed by atoms with Gasteiger partial charge in [0.25, 0.3) is 11.2 Å². The lowest BCUT2D eigenvalue weighted by atomic mass is 10.1. The molecule has 1 aromatic heterocycles. The maximum atomic E-state index is 11.4. The number of non-ortho nitro benzene ring substituents is 1. The minimum absolute atomic E-state index is 0.0669. The van der Waals surface area contributed by atoms with Gasteiger partial charge < -0.3 is 0 Å². The van der Waals surface area contributed by atoms with Crippen molar-refractivity contribution < 1.29 is 4.92 Å². The topological polar surface area (TPSA) is 78.0 Å². The molecule has 2 rings (SSSR count). The number of hydrogen-bond acceptors (Lipinski definition) is 4. The van der Waals surface area contributed by atoms with Crippen LogP contribution < -0.4 is 5.56 Å². The molecule has 6 nitrogen and oxygen atoms in total. The molecular formula is C12H11N3O3. The van der Waals surface area contributed by atoms with Crippen LogP contribution >= 0.6 is 0 Å². The molecule has 0 amide bonds. The van der Waals surface area contributed by atoms with E-state index in [2.05, 4.69) is 4.98 Å². The zero-order chi connectivity index (χ0) is 13.0. The van der Waals surface area contributed by atoms with Crippen LogP contribution in [0.1, 0.15) is 5.56 Å². The van der Waals surface area contributed by atoms with Gasteiger partial charge in [-0.05, 0) is 12.0 Å². The Morgan fingerprint density at radius 2 is 1.94 bits per heavy atom. The Kier molecular flexibility index (Phi) is 3.47. The zero-order valence-electron chi connectivity index (χ0n) is 9.52. The average Bonchev–Trinajstić information content (AvgIpc) is 2.38. The summed E-state index contributed by atoms with van der Waals surface area (Å²) in [6.45, 7) is 0.504. The SMILES string of the molecule is O=c1ccncn1CCc1ccc([N+](=O)[O-])cc1. The first-order valence-corrected chi connectivity index (χ1v) is 5.40. The number of nitro groups is 1. The van der Waals surface area contributed by atoms with E-state index in [4.69, 9.17) is 0 Å². The lowest BCUT2D eigenvalue weighted by molar-refractivity contribution is -0.384. The van der Waals surface area contributed by atoms with Crippen LogP contribution in [-0.2, 0) is 13.0 Å². The normalized spacial score (nSPS) is 10.2. The van der Waals surface area contributed by atoms with Crippen LogP contribution in [0.5, 0.6) is 0 Å². The second kappa shape index (κ2) is 5.22. The Morgan fingerprint density at radius 1 is 1.22 bits per heavy atom. The van der Waals surface area contributed by atoms with Crippen molar-refractivity contribution in [2.24, 2.45) is 0 Å². The fraction of sp³-hybridized carbons (Fsp3) is 0.167. The summed E-state index contributed by atoms with van der Waals surface area (Å²) in [5, 5.41) is 10.5. The second-order valence-corrected chi connectivity index (χ2v) is 3.79. The number of aromatic nitrogens is 2. The molecule has 0 atom stereocenters. The van der Waals surface area contributed by atoms with E-state index in [1.54, 1.807) is 12.1 Å². The number of rotatable bonds is 4. The van der Waals surface area contributed by atoms with Gasteiger partial charge >= 0.3 is 0 Å². The molecule has 0 spiro atoms. The van der Waals surface area contributed by atoms with Crippen LogP contribution in [0.4, 0.5) is 5.69 Å². The van der Waals surface area contributed by atoms with Crippen molar-refractivity contribution in [3.63, 3.8) is 0 Å². The molecule has 92 valence electrons. The molecule has 0 fully saturated rings. The Balaban J connectivity index is 2.05. The smallest absolute Gasteiger partial charge is 0.269 e. The second-order valence-electron chi connectivity index (χ2n) is 3.79. The van der Waals surface area contributed by atoms with Crippen LogP contribution in [-0.4, -0.2) is 14.5 Å². The highest BCUT2D eigenvalue weighted by atomic mass is 16.6. The van der Waals surface area contributed by atoms with E-state index in [9.17, 15) is 14.9 Å². The highest BCUT2D eigenvalue weighted by Crippen LogP contribution is 2.12. The number of hydrogen-bond donors (Lipinski definition) is 0. The maximum Gasteiger partial charge on any atom is 0.269 e. The highest BCUT2D eigenvalue weighted by Gasteiger charge is 2.04. The van der Waals surface area contributed by atoms with Crippen molar-refractivity contribution >= 4 is 5.69 Å². The molecule has 0 N–H and O–H groups in total. The van der Waals surface area contributed by atoms with Crippen molar-refractivity contribution in [3.05, 3.63) is 68.9 Å². The van der Waals surface area contributed by atoms with Gasteiger partial charge in [0.05, 0.1) is 11.3 Å². The third kappa shape index (κ3) is 2.79. The molecule has 0 saturated heterocycles.